The van der Waals surface area contributed by atoms with E-state index in [4.69, 9.17) is 16.3 Å². The quantitative estimate of drug-likeness (QED) is 0.328. The first-order valence-electron chi connectivity index (χ1n) is 11.5. The molecule has 202 valence electrons. The Morgan fingerprint density at radius 1 is 1.05 bits per heavy atom. The number of amides is 1. The molecular formula is C26H28ClN3O6S2. The number of nitrogens with one attached hydrogen (secondary N) is 1. The number of methoxy groups -OCH3 is 1. The molecule has 1 amide bonds. The zero-order chi connectivity index (χ0) is 27.7. The molecule has 0 aliphatic carbocycles. The van der Waals surface area contributed by atoms with Gasteiger partial charge in [0.2, 0.25) is 15.9 Å². The highest BCUT2D eigenvalue weighted by molar-refractivity contribution is 7.89. The summed E-state index contributed by atoms with van der Waals surface area (Å²) in [6.45, 7) is 0.281. The Bertz CT molecular complexity index is 1370. The first kappa shape index (κ1) is 29.4. The summed E-state index contributed by atoms with van der Waals surface area (Å²) in [4.78, 5) is 31.2. The van der Waals surface area contributed by atoms with Gasteiger partial charge in [-0.1, -0.05) is 29.8 Å². The van der Waals surface area contributed by atoms with Crippen LogP contribution in [0, 0.1) is 0 Å². The van der Waals surface area contributed by atoms with E-state index in [1.807, 2.05) is 6.07 Å². The van der Waals surface area contributed by atoms with E-state index in [1.165, 1.54) is 42.5 Å². The summed E-state index contributed by atoms with van der Waals surface area (Å²) >= 11 is 5.89. The van der Waals surface area contributed by atoms with Crippen LogP contribution in [-0.2, 0) is 43.4 Å². The number of benzene rings is 2. The Balaban J connectivity index is 1.92. The minimum atomic E-state index is -4.09. The van der Waals surface area contributed by atoms with Gasteiger partial charge in [-0.05, 0) is 60.0 Å². The summed E-state index contributed by atoms with van der Waals surface area (Å²) in [6, 6.07) is 14.5. The van der Waals surface area contributed by atoms with Crippen LogP contribution in [0.3, 0.4) is 0 Å². The Kier molecular flexibility index (Phi) is 10.5. The zero-order valence-electron chi connectivity index (χ0n) is 20.9. The molecule has 0 saturated carbocycles. The smallest absolute Gasteiger partial charge is 0.337 e. The maximum atomic E-state index is 13.8. The molecule has 9 nitrogen and oxygen atoms in total. The molecule has 2 aromatic carbocycles. The van der Waals surface area contributed by atoms with E-state index >= 15 is 0 Å². The third-order valence-corrected chi connectivity index (χ3v) is 8.12. The highest BCUT2D eigenvalue weighted by Gasteiger charge is 2.30. The molecule has 1 heterocycles. The molecule has 1 unspecified atom stereocenters. The number of rotatable bonds is 12. The van der Waals surface area contributed by atoms with Gasteiger partial charge in [0.15, 0.2) is 0 Å². The summed E-state index contributed by atoms with van der Waals surface area (Å²) in [7, 11) is -4.05. The van der Waals surface area contributed by atoms with Gasteiger partial charge in [0, 0.05) is 53.3 Å². The number of halogens is 1. The minimum Gasteiger partial charge on any atom is -0.465 e. The normalized spacial score (nSPS) is 12.9. The van der Waals surface area contributed by atoms with Crippen molar-refractivity contribution in [2.45, 2.75) is 30.4 Å². The monoisotopic (exact) mass is 577 g/mol. The standard InChI is InChI=1S/C26H28ClN3O6S2/c1-36-26(32)21-7-5-19(6-8-21)17-30(18-20-4-3-14-28-16-20)25(31)24(13-15-37(2)33)29-38(34,35)23-11-9-22(27)10-12-23/h3-12,14,16,24,29H,13,15,17-18H2,1-2H3/t24-,37?/m1/s1. The van der Waals surface area contributed by atoms with Crippen molar-refractivity contribution in [1.29, 1.82) is 0 Å². The molecule has 38 heavy (non-hydrogen) atoms. The molecule has 1 aromatic heterocycles. The fourth-order valence-corrected chi connectivity index (χ4v) is 5.53. The number of nitrogens with zero attached hydrogens (tertiary/aromatic N) is 2. The van der Waals surface area contributed by atoms with Crippen LogP contribution < -0.4 is 4.72 Å². The topological polar surface area (TPSA) is 123 Å². The number of esters is 1. The first-order chi connectivity index (χ1) is 18.1. The van der Waals surface area contributed by atoms with E-state index < -0.39 is 38.7 Å². The molecule has 0 aliphatic rings. The van der Waals surface area contributed by atoms with Crippen molar-refractivity contribution in [3.05, 3.63) is 94.8 Å². The van der Waals surface area contributed by atoms with Crippen LogP contribution in [0.15, 0.2) is 78.0 Å². The number of carbonyl (C=O) groups is 2. The van der Waals surface area contributed by atoms with Crippen molar-refractivity contribution in [3.63, 3.8) is 0 Å². The van der Waals surface area contributed by atoms with E-state index in [0.717, 1.165) is 5.56 Å². The number of hydrogen-bond acceptors (Lipinski definition) is 7. The molecule has 0 bridgehead atoms. The minimum absolute atomic E-state index is 0.0274. The lowest BCUT2D eigenvalue weighted by atomic mass is 10.1. The maximum absolute atomic E-state index is 13.8. The first-order valence-corrected chi connectivity index (χ1v) is 15.1. The average Bonchev–Trinajstić information content (AvgIpc) is 2.91. The third-order valence-electron chi connectivity index (χ3n) is 5.57. The number of hydrogen-bond donors (Lipinski definition) is 1. The molecule has 12 heteroatoms. The van der Waals surface area contributed by atoms with Crippen molar-refractivity contribution >= 4 is 44.3 Å². The highest BCUT2D eigenvalue weighted by atomic mass is 35.5. The molecule has 3 aromatic rings. The number of ether oxygens (including phenoxy) is 1. The van der Waals surface area contributed by atoms with E-state index in [1.54, 1.807) is 42.7 Å². The summed E-state index contributed by atoms with van der Waals surface area (Å²) in [5.74, 6) is -0.855. The van der Waals surface area contributed by atoms with Gasteiger partial charge in [0.25, 0.3) is 0 Å². The predicted octanol–water partition coefficient (Wildman–Crippen LogP) is 3.17. The van der Waals surface area contributed by atoms with Crippen LogP contribution in [0.25, 0.3) is 0 Å². The number of aromatic nitrogens is 1. The Hall–Kier alpha value is -3.12. The van der Waals surface area contributed by atoms with Crippen LogP contribution in [0.1, 0.15) is 27.9 Å². The SMILES string of the molecule is COC(=O)c1ccc(CN(Cc2cccnc2)C(=O)[C@@H](CCS(C)=O)NS(=O)(=O)c2ccc(Cl)cc2)cc1. The number of carbonyl (C=O) groups excluding carboxylic acids is 2. The van der Waals surface area contributed by atoms with Crippen LogP contribution in [0.4, 0.5) is 0 Å². The van der Waals surface area contributed by atoms with Gasteiger partial charge < -0.3 is 9.64 Å². The van der Waals surface area contributed by atoms with Crippen molar-refractivity contribution in [1.82, 2.24) is 14.6 Å². The summed E-state index contributed by atoms with van der Waals surface area (Å²) < 4.78 is 45.3. The Morgan fingerprint density at radius 2 is 1.71 bits per heavy atom. The summed E-state index contributed by atoms with van der Waals surface area (Å²) in [5.41, 5.74) is 1.82. The van der Waals surface area contributed by atoms with Gasteiger partial charge in [-0.25, -0.2) is 13.2 Å². The average molecular weight is 578 g/mol. The van der Waals surface area contributed by atoms with E-state index in [9.17, 15) is 22.2 Å². The van der Waals surface area contributed by atoms with Gasteiger partial charge in [-0.2, -0.15) is 4.72 Å². The van der Waals surface area contributed by atoms with Gasteiger partial charge in [0.05, 0.1) is 17.6 Å². The largest absolute Gasteiger partial charge is 0.465 e. The highest BCUT2D eigenvalue weighted by Crippen LogP contribution is 2.18. The number of pyridine rings is 1. The van der Waals surface area contributed by atoms with Crippen LogP contribution in [0.5, 0.6) is 0 Å². The van der Waals surface area contributed by atoms with E-state index in [-0.39, 0.29) is 30.2 Å². The molecule has 0 saturated heterocycles. The second kappa shape index (κ2) is 13.6. The zero-order valence-corrected chi connectivity index (χ0v) is 23.3. The van der Waals surface area contributed by atoms with Crippen molar-refractivity contribution in [2.24, 2.45) is 0 Å². The van der Waals surface area contributed by atoms with Crippen molar-refractivity contribution < 1.29 is 27.0 Å². The lowest BCUT2D eigenvalue weighted by Crippen LogP contribution is -2.48. The Morgan fingerprint density at radius 3 is 2.29 bits per heavy atom. The van der Waals surface area contributed by atoms with Crippen LogP contribution in [-0.4, -0.2) is 59.5 Å². The van der Waals surface area contributed by atoms with Gasteiger partial charge in [0.1, 0.15) is 6.04 Å². The van der Waals surface area contributed by atoms with Gasteiger partial charge in [-0.3, -0.25) is 14.0 Å². The maximum Gasteiger partial charge on any atom is 0.337 e. The second-order valence-corrected chi connectivity index (χ2v) is 12.1. The fourth-order valence-electron chi connectivity index (χ4n) is 3.61. The second-order valence-electron chi connectivity index (χ2n) is 8.44. The molecule has 0 fully saturated rings. The molecule has 0 radical (unpaired) electrons. The lowest BCUT2D eigenvalue weighted by molar-refractivity contribution is -0.134. The molecule has 0 spiro atoms. The molecule has 2 atom stereocenters. The molecular weight excluding hydrogens is 550 g/mol. The van der Waals surface area contributed by atoms with Crippen LogP contribution >= 0.6 is 11.6 Å². The Labute approximate surface area is 229 Å². The number of sulfonamides is 1. The van der Waals surface area contributed by atoms with Crippen LogP contribution in [0.2, 0.25) is 5.02 Å². The van der Waals surface area contributed by atoms with E-state index in [0.29, 0.717) is 16.1 Å². The predicted molar refractivity (Wildman–Crippen MR) is 145 cm³/mol. The van der Waals surface area contributed by atoms with Crippen molar-refractivity contribution in [2.75, 3.05) is 19.1 Å². The summed E-state index contributed by atoms with van der Waals surface area (Å²) in [5, 5.41) is 0.374. The molecule has 0 aliphatic heterocycles. The van der Waals surface area contributed by atoms with E-state index in [2.05, 4.69) is 9.71 Å². The molecule has 1 N–H and O–H groups in total. The van der Waals surface area contributed by atoms with Crippen molar-refractivity contribution in [3.8, 4) is 0 Å². The summed E-state index contributed by atoms with van der Waals surface area (Å²) in [6.07, 6.45) is 4.75. The third kappa shape index (κ3) is 8.45. The van der Waals surface area contributed by atoms with Gasteiger partial charge >= 0.3 is 5.97 Å². The molecule has 3 rings (SSSR count). The van der Waals surface area contributed by atoms with Gasteiger partial charge in [-0.15, -0.1) is 0 Å². The lowest BCUT2D eigenvalue weighted by Gasteiger charge is -2.28. The fraction of sp³-hybridized carbons (Fsp3) is 0.269.